The zero-order chi connectivity index (χ0) is 13.7. The van der Waals surface area contributed by atoms with Gasteiger partial charge in [-0.05, 0) is 18.3 Å². The lowest BCUT2D eigenvalue weighted by Gasteiger charge is -2.22. The number of ether oxygens (including phenoxy) is 1. The highest BCUT2D eigenvalue weighted by Crippen LogP contribution is 2.22. The molecule has 4 heteroatoms. The molecule has 0 aromatic rings. The summed E-state index contributed by atoms with van der Waals surface area (Å²) in [4.78, 5) is 14.1. The SMILES string of the molecule is COC(=O)C(CCN1CC(C)C(C)C1)NC(C)C. The first-order valence-electron chi connectivity index (χ1n) is 7.00. The van der Waals surface area contributed by atoms with Crippen LogP contribution >= 0.6 is 0 Å². The van der Waals surface area contributed by atoms with Crippen molar-refractivity contribution in [1.29, 1.82) is 0 Å². The second-order valence-electron chi connectivity index (χ2n) is 5.90. The number of carbonyl (C=O) groups is 1. The van der Waals surface area contributed by atoms with Gasteiger partial charge in [0.2, 0.25) is 0 Å². The van der Waals surface area contributed by atoms with E-state index in [4.69, 9.17) is 4.74 Å². The second-order valence-corrected chi connectivity index (χ2v) is 5.90. The summed E-state index contributed by atoms with van der Waals surface area (Å²) >= 11 is 0. The van der Waals surface area contributed by atoms with Crippen LogP contribution in [0, 0.1) is 11.8 Å². The van der Waals surface area contributed by atoms with Gasteiger partial charge in [-0.25, -0.2) is 0 Å². The Balaban J connectivity index is 2.40. The van der Waals surface area contributed by atoms with Crippen molar-refractivity contribution in [2.45, 2.75) is 46.2 Å². The molecule has 3 unspecified atom stereocenters. The van der Waals surface area contributed by atoms with Crippen molar-refractivity contribution in [3.63, 3.8) is 0 Å². The lowest BCUT2D eigenvalue weighted by atomic mass is 10.0. The van der Waals surface area contributed by atoms with E-state index < -0.39 is 0 Å². The summed E-state index contributed by atoms with van der Waals surface area (Å²) < 4.78 is 4.85. The first-order chi connectivity index (χ1) is 8.43. The van der Waals surface area contributed by atoms with Crippen molar-refractivity contribution < 1.29 is 9.53 Å². The van der Waals surface area contributed by atoms with Gasteiger partial charge >= 0.3 is 5.97 Å². The Morgan fingerprint density at radius 3 is 2.33 bits per heavy atom. The predicted molar refractivity (Wildman–Crippen MR) is 73.5 cm³/mol. The molecule has 0 aromatic heterocycles. The van der Waals surface area contributed by atoms with Crippen LogP contribution in [0.1, 0.15) is 34.1 Å². The Morgan fingerprint density at radius 1 is 1.33 bits per heavy atom. The molecule has 1 aliphatic rings. The molecule has 0 aliphatic carbocycles. The Morgan fingerprint density at radius 2 is 1.89 bits per heavy atom. The maximum absolute atomic E-state index is 11.7. The highest BCUT2D eigenvalue weighted by atomic mass is 16.5. The van der Waals surface area contributed by atoms with Crippen molar-refractivity contribution in [3.8, 4) is 0 Å². The molecule has 0 spiro atoms. The van der Waals surface area contributed by atoms with Gasteiger partial charge < -0.3 is 15.0 Å². The molecule has 1 fully saturated rings. The summed E-state index contributed by atoms with van der Waals surface area (Å²) in [5, 5.41) is 3.28. The summed E-state index contributed by atoms with van der Waals surface area (Å²) in [5.41, 5.74) is 0. The average Bonchev–Trinajstić information content (AvgIpc) is 2.62. The third-order valence-corrected chi connectivity index (χ3v) is 3.82. The summed E-state index contributed by atoms with van der Waals surface area (Å²) in [6.07, 6.45) is 0.824. The molecule has 0 bridgehead atoms. The minimum absolute atomic E-state index is 0.149. The molecular formula is C14H28N2O2. The van der Waals surface area contributed by atoms with E-state index in [1.165, 1.54) is 7.11 Å². The lowest BCUT2D eigenvalue weighted by Crippen LogP contribution is -2.43. The summed E-state index contributed by atoms with van der Waals surface area (Å²) in [6, 6.07) is 0.117. The minimum atomic E-state index is -0.179. The van der Waals surface area contributed by atoms with Crippen molar-refractivity contribution in [1.82, 2.24) is 10.2 Å². The zero-order valence-corrected chi connectivity index (χ0v) is 12.4. The van der Waals surface area contributed by atoms with Crippen LogP contribution < -0.4 is 5.32 Å². The molecule has 0 aromatic carbocycles. The number of methoxy groups -OCH3 is 1. The van der Waals surface area contributed by atoms with Crippen LogP contribution in [-0.4, -0.2) is 49.7 Å². The van der Waals surface area contributed by atoms with Gasteiger partial charge in [-0.2, -0.15) is 0 Å². The van der Waals surface area contributed by atoms with Crippen LogP contribution in [0.25, 0.3) is 0 Å². The summed E-state index contributed by atoms with van der Waals surface area (Å²) in [7, 11) is 1.46. The molecule has 0 saturated carbocycles. The topological polar surface area (TPSA) is 41.6 Å². The molecule has 1 N–H and O–H groups in total. The third-order valence-electron chi connectivity index (χ3n) is 3.82. The van der Waals surface area contributed by atoms with Crippen molar-refractivity contribution >= 4 is 5.97 Å². The number of rotatable bonds is 6. The third kappa shape index (κ3) is 4.58. The first-order valence-corrected chi connectivity index (χ1v) is 7.00. The first kappa shape index (κ1) is 15.4. The van der Waals surface area contributed by atoms with E-state index in [0.717, 1.165) is 37.9 Å². The quantitative estimate of drug-likeness (QED) is 0.731. The predicted octanol–water partition coefficient (Wildman–Crippen LogP) is 1.50. The van der Waals surface area contributed by atoms with E-state index in [9.17, 15) is 4.79 Å². The van der Waals surface area contributed by atoms with Crippen LogP contribution in [0.15, 0.2) is 0 Å². The normalized spacial score (nSPS) is 26.6. The van der Waals surface area contributed by atoms with E-state index in [0.29, 0.717) is 6.04 Å². The molecule has 3 atom stereocenters. The van der Waals surface area contributed by atoms with Crippen LogP contribution in [-0.2, 0) is 9.53 Å². The molecule has 1 saturated heterocycles. The Bertz CT molecular complexity index is 259. The summed E-state index contributed by atoms with van der Waals surface area (Å²) in [5.74, 6) is 1.38. The lowest BCUT2D eigenvalue weighted by molar-refractivity contribution is -0.143. The molecule has 0 radical (unpaired) electrons. The van der Waals surface area contributed by atoms with Gasteiger partial charge in [-0.15, -0.1) is 0 Å². The van der Waals surface area contributed by atoms with Crippen LogP contribution in [0.5, 0.6) is 0 Å². The number of nitrogens with zero attached hydrogens (tertiary/aromatic N) is 1. The number of carbonyl (C=O) groups excluding carboxylic acids is 1. The zero-order valence-electron chi connectivity index (χ0n) is 12.4. The maximum Gasteiger partial charge on any atom is 0.322 e. The van der Waals surface area contributed by atoms with Gasteiger partial charge in [-0.1, -0.05) is 27.7 Å². The van der Waals surface area contributed by atoms with Crippen LogP contribution in [0.3, 0.4) is 0 Å². The van der Waals surface area contributed by atoms with E-state index in [-0.39, 0.29) is 12.0 Å². The Labute approximate surface area is 111 Å². The van der Waals surface area contributed by atoms with Crippen LogP contribution in [0.2, 0.25) is 0 Å². The number of esters is 1. The fourth-order valence-corrected chi connectivity index (χ4v) is 2.56. The standard InChI is InChI=1S/C14H28N2O2/c1-10(2)15-13(14(17)18-5)6-7-16-8-11(3)12(4)9-16/h10-13,15H,6-9H2,1-5H3. The molecule has 4 nitrogen and oxygen atoms in total. The number of nitrogens with one attached hydrogen (secondary N) is 1. The van der Waals surface area contributed by atoms with E-state index in [1.54, 1.807) is 0 Å². The van der Waals surface area contributed by atoms with Gasteiger partial charge in [0, 0.05) is 25.7 Å². The fourth-order valence-electron chi connectivity index (χ4n) is 2.56. The number of likely N-dealkylation sites (tertiary alicyclic amines) is 1. The van der Waals surface area contributed by atoms with E-state index >= 15 is 0 Å². The molecule has 1 rings (SSSR count). The molecule has 1 heterocycles. The van der Waals surface area contributed by atoms with E-state index in [1.807, 2.05) is 0 Å². The van der Waals surface area contributed by atoms with Crippen molar-refractivity contribution in [2.24, 2.45) is 11.8 Å². The monoisotopic (exact) mass is 256 g/mol. The van der Waals surface area contributed by atoms with Crippen molar-refractivity contribution in [2.75, 3.05) is 26.7 Å². The molecular weight excluding hydrogens is 228 g/mol. The maximum atomic E-state index is 11.7. The largest absolute Gasteiger partial charge is 0.468 e. The number of hydrogen-bond donors (Lipinski definition) is 1. The van der Waals surface area contributed by atoms with Gasteiger partial charge in [0.25, 0.3) is 0 Å². The second kappa shape index (κ2) is 7.10. The Hall–Kier alpha value is -0.610. The molecule has 106 valence electrons. The minimum Gasteiger partial charge on any atom is -0.468 e. The highest BCUT2D eigenvalue weighted by molar-refractivity contribution is 5.75. The average molecular weight is 256 g/mol. The smallest absolute Gasteiger partial charge is 0.322 e. The number of hydrogen-bond acceptors (Lipinski definition) is 4. The highest BCUT2D eigenvalue weighted by Gasteiger charge is 2.27. The summed E-state index contributed by atoms with van der Waals surface area (Å²) in [6.45, 7) is 12.0. The molecule has 1 aliphatic heterocycles. The fraction of sp³-hybridized carbons (Fsp3) is 0.929. The van der Waals surface area contributed by atoms with E-state index in [2.05, 4.69) is 37.9 Å². The Kier molecular flexibility index (Phi) is 6.09. The van der Waals surface area contributed by atoms with Crippen LogP contribution in [0.4, 0.5) is 0 Å². The van der Waals surface area contributed by atoms with Gasteiger partial charge in [0.1, 0.15) is 6.04 Å². The van der Waals surface area contributed by atoms with Crippen molar-refractivity contribution in [3.05, 3.63) is 0 Å². The molecule has 18 heavy (non-hydrogen) atoms. The molecule has 0 amide bonds. The van der Waals surface area contributed by atoms with Gasteiger partial charge in [-0.3, -0.25) is 4.79 Å². The van der Waals surface area contributed by atoms with Gasteiger partial charge in [0.15, 0.2) is 0 Å². The van der Waals surface area contributed by atoms with Gasteiger partial charge in [0.05, 0.1) is 7.11 Å².